The predicted molar refractivity (Wildman–Crippen MR) is 130 cm³/mol. The number of carbonyl (C=O) groups excluding carboxylic acids is 2. The van der Waals surface area contributed by atoms with Crippen LogP contribution in [0, 0.1) is 0 Å². The lowest BCUT2D eigenvalue weighted by Crippen LogP contribution is -2.43. The van der Waals surface area contributed by atoms with E-state index in [-0.39, 0.29) is 12.5 Å². The van der Waals surface area contributed by atoms with Crippen molar-refractivity contribution in [2.24, 2.45) is 0 Å². The van der Waals surface area contributed by atoms with Crippen molar-refractivity contribution < 1.29 is 14.3 Å². The number of nitrogens with zero attached hydrogens (tertiary/aromatic N) is 1. The fraction of sp³-hybridized carbons (Fsp3) is 0.192. The third-order valence-corrected chi connectivity index (χ3v) is 6.14. The summed E-state index contributed by atoms with van der Waals surface area (Å²) >= 11 is 1.64. The van der Waals surface area contributed by atoms with Crippen LogP contribution < -0.4 is 15.6 Å². The van der Waals surface area contributed by atoms with E-state index in [1.54, 1.807) is 11.3 Å². The van der Waals surface area contributed by atoms with Gasteiger partial charge in [-0.05, 0) is 42.2 Å². The van der Waals surface area contributed by atoms with Crippen molar-refractivity contribution in [2.45, 2.75) is 25.7 Å². The molecule has 0 aliphatic heterocycles. The first-order valence-electron chi connectivity index (χ1n) is 10.8. The van der Waals surface area contributed by atoms with Crippen LogP contribution in [0.3, 0.4) is 0 Å². The van der Waals surface area contributed by atoms with Crippen molar-refractivity contribution in [3.8, 4) is 5.75 Å². The number of hydrogen-bond acceptors (Lipinski definition) is 5. The second-order valence-corrected chi connectivity index (χ2v) is 8.70. The van der Waals surface area contributed by atoms with Crippen LogP contribution in [0.25, 0.3) is 10.2 Å². The molecule has 0 bridgehead atoms. The monoisotopic (exact) mass is 459 g/mol. The molecule has 0 saturated heterocycles. The van der Waals surface area contributed by atoms with Crippen LogP contribution in [0.2, 0.25) is 0 Å². The van der Waals surface area contributed by atoms with Crippen LogP contribution in [0.15, 0.2) is 78.9 Å². The molecule has 2 amide bonds. The van der Waals surface area contributed by atoms with Crippen molar-refractivity contribution >= 4 is 33.4 Å². The van der Waals surface area contributed by atoms with E-state index < -0.39 is 5.91 Å². The Morgan fingerprint density at radius 3 is 2.42 bits per heavy atom. The molecule has 0 radical (unpaired) electrons. The van der Waals surface area contributed by atoms with Crippen LogP contribution in [-0.4, -0.2) is 23.4 Å². The van der Waals surface area contributed by atoms with E-state index in [1.165, 1.54) is 0 Å². The maximum atomic E-state index is 12.1. The molecule has 2 N–H and O–H groups in total. The number of nitrogens with one attached hydrogen (secondary N) is 2. The van der Waals surface area contributed by atoms with E-state index >= 15 is 0 Å². The van der Waals surface area contributed by atoms with Gasteiger partial charge in [-0.2, -0.15) is 0 Å². The lowest BCUT2D eigenvalue weighted by Gasteiger charge is -2.12. The van der Waals surface area contributed by atoms with Gasteiger partial charge in [-0.25, -0.2) is 4.98 Å². The molecule has 168 valence electrons. The smallest absolute Gasteiger partial charge is 0.276 e. The number of benzene rings is 3. The van der Waals surface area contributed by atoms with Gasteiger partial charge in [0, 0.05) is 12.8 Å². The Labute approximate surface area is 196 Å². The third kappa shape index (κ3) is 6.63. The molecule has 33 heavy (non-hydrogen) atoms. The van der Waals surface area contributed by atoms with Gasteiger partial charge < -0.3 is 4.74 Å². The van der Waals surface area contributed by atoms with Gasteiger partial charge in [-0.3, -0.25) is 20.4 Å². The van der Waals surface area contributed by atoms with Crippen molar-refractivity contribution in [1.82, 2.24) is 15.8 Å². The third-order valence-electron chi connectivity index (χ3n) is 5.04. The molecule has 3 aromatic carbocycles. The maximum Gasteiger partial charge on any atom is 0.276 e. The van der Waals surface area contributed by atoms with Crippen LogP contribution >= 0.6 is 11.3 Å². The SMILES string of the molecule is O=C(CCCc1nc2ccccc2s1)NNC(=O)COc1ccccc1Cc1ccccc1. The molecule has 0 fully saturated rings. The summed E-state index contributed by atoms with van der Waals surface area (Å²) < 4.78 is 6.85. The normalized spacial score (nSPS) is 10.7. The summed E-state index contributed by atoms with van der Waals surface area (Å²) in [5, 5.41) is 1.01. The molecular weight excluding hydrogens is 434 g/mol. The Hall–Kier alpha value is -3.71. The Balaban J connectivity index is 1.18. The first-order chi connectivity index (χ1) is 16.2. The first-order valence-corrected chi connectivity index (χ1v) is 11.7. The van der Waals surface area contributed by atoms with Gasteiger partial charge in [0.25, 0.3) is 5.91 Å². The summed E-state index contributed by atoms with van der Waals surface area (Å²) in [6.45, 7) is -0.183. The van der Waals surface area contributed by atoms with Gasteiger partial charge >= 0.3 is 0 Å². The molecule has 0 unspecified atom stereocenters. The Morgan fingerprint density at radius 1 is 0.848 bits per heavy atom. The second kappa shape index (κ2) is 11.2. The van der Waals surface area contributed by atoms with Gasteiger partial charge in [0.05, 0.1) is 15.2 Å². The molecule has 1 aromatic heterocycles. The first kappa shape index (κ1) is 22.5. The van der Waals surface area contributed by atoms with Crippen molar-refractivity contribution in [1.29, 1.82) is 0 Å². The highest BCUT2D eigenvalue weighted by molar-refractivity contribution is 7.18. The Morgan fingerprint density at radius 2 is 1.58 bits per heavy atom. The van der Waals surface area contributed by atoms with Gasteiger partial charge in [-0.15, -0.1) is 11.3 Å². The number of amides is 2. The molecule has 1 heterocycles. The summed E-state index contributed by atoms with van der Waals surface area (Å²) in [7, 11) is 0. The summed E-state index contributed by atoms with van der Waals surface area (Å²) in [6.07, 6.45) is 2.40. The van der Waals surface area contributed by atoms with Crippen molar-refractivity contribution in [2.75, 3.05) is 6.61 Å². The minimum absolute atomic E-state index is 0.183. The zero-order valence-electron chi connectivity index (χ0n) is 18.1. The molecule has 7 heteroatoms. The zero-order chi connectivity index (χ0) is 22.9. The van der Waals surface area contributed by atoms with Gasteiger partial charge in [0.1, 0.15) is 5.75 Å². The van der Waals surface area contributed by atoms with Gasteiger partial charge in [0.2, 0.25) is 5.91 Å². The highest BCUT2D eigenvalue weighted by Gasteiger charge is 2.10. The van der Waals surface area contributed by atoms with E-state index in [2.05, 4.69) is 28.0 Å². The highest BCUT2D eigenvalue weighted by atomic mass is 32.1. The van der Waals surface area contributed by atoms with E-state index in [0.29, 0.717) is 25.0 Å². The van der Waals surface area contributed by atoms with E-state index in [0.717, 1.165) is 32.8 Å². The topological polar surface area (TPSA) is 80.3 Å². The lowest BCUT2D eigenvalue weighted by atomic mass is 10.0. The number of para-hydroxylation sites is 2. The minimum atomic E-state index is -0.413. The van der Waals surface area contributed by atoms with E-state index in [4.69, 9.17) is 4.74 Å². The average molecular weight is 460 g/mol. The number of hydrazine groups is 1. The summed E-state index contributed by atoms with van der Waals surface area (Å²) in [6, 6.07) is 25.7. The molecule has 4 rings (SSSR count). The molecular formula is C26H25N3O3S. The van der Waals surface area contributed by atoms with E-state index in [1.807, 2.05) is 66.7 Å². The summed E-state index contributed by atoms with van der Waals surface area (Å²) in [5.74, 6) is -0.00311. The van der Waals surface area contributed by atoms with Gasteiger partial charge in [0.15, 0.2) is 6.61 Å². The molecule has 0 spiro atoms. The quantitative estimate of drug-likeness (QED) is 0.363. The van der Waals surface area contributed by atoms with Crippen LogP contribution in [0.1, 0.15) is 29.0 Å². The van der Waals surface area contributed by atoms with Crippen LogP contribution in [0.4, 0.5) is 0 Å². The number of thiazole rings is 1. The number of carbonyl (C=O) groups is 2. The van der Waals surface area contributed by atoms with Crippen molar-refractivity contribution in [3.05, 3.63) is 95.0 Å². The number of fused-ring (bicyclic) bond motifs is 1. The summed E-state index contributed by atoms with van der Waals surface area (Å²) in [5.41, 5.74) is 8.01. The molecule has 0 atom stereocenters. The second-order valence-electron chi connectivity index (χ2n) is 7.58. The summed E-state index contributed by atoms with van der Waals surface area (Å²) in [4.78, 5) is 28.8. The molecule has 0 saturated carbocycles. The number of aryl methyl sites for hydroxylation is 1. The zero-order valence-corrected chi connectivity index (χ0v) is 18.9. The largest absolute Gasteiger partial charge is 0.483 e. The van der Waals surface area contributed by atoms with Gasteiger partial charge in [-0.1, -0.05) is 60.7 Å². The lowest BCUT2D eigenvalue weighted by molar-refractivity contribution is -0.130. The van der Waals surface area contributed by atoms with Crippen molar-refractivity contribution in [3.63, 3.8) is 0 Å². The fourth-order valence-corrected chi connectivity index (χ4v) is 4.42. The van der Waals surface area contributed by atoms with E-state index in [9.17, 15) is 9.59 Å². The average Bonchev–Trinajstić information content (AvgIpc) is 3.26. The Kier molecular flexibility index (Phi) is 7.66. The minimum Gasteiger partial charge on any atom is -0.483 e. The van der Waals surface area contributed by atoms with Crippen LogP contribution in [-0.2, 0) is 22.4 Å². The predicted octanol–water partition coefficient (Wildman–Crippen LogP) is 4.44. The Bertz CT molecular complexity index is 1190. The number of ether oxygens (including phenoxy) is 1. The maximum absolute atomic E-state index is 12.1. The number of aromatic nitrogens is 1. The molecule has 6 nitrogen and oxygen atoms in total. The molecule has 4 aromatic rings. The van der Waals surface area contributed by atoms with Crippen LogP contribution in [0.5, 0.6) is 5.75 Å². The number of hydrogen-bond donors (Lipinski definition) is 2. The standard InChI is InChI=1S/C26H25N3O3S/c30-24(15-8-16-26-27-21-12-5-7-14-23(21)33-26)28-29-25(31)18-32-22-13-6-4-11-20(22)17-19-9-2-1-3-10-19/h1-7,9-14H,8,15-18H2,(H,28,30)(H,29,31). The molecule has 0 aliphatic carbocycles. The number of rotatable bonds is 9. The molecule has 0 aliphatic rings. The highest BCUT2D eigenvalue weighted by Crippen LogP contribution is 2.23. The fourth-order valence-electron chi connectivity index (χ4n) is 3.41.